The van der Waals surface area contributed by atoms with Crippen molar-refractivity contribution in [2.75, 3.05) is 37.7 Å². The molecule has 1 aromatic heterocycles. The molecular weight excluding hydrogens is 274 g/mol. The molecule has 1 amide bonds. The standard InChI is InChI=1S/C13H23N5OS/c1-3-6-15-13-17-11(14)10(20-13)12(19)16-9-5-4-7-18(2)8-9/h9H,3-8,14H2,1-2H3,(H,15,17)(H,16,19). The number of piperidine rings is 1. The van der Waals surface area contributed by atoms with Gasteiger partial charge in [-0.2, -0.15) is 0 Å². The van der Waals surface area contributed by atoms with Crippen molar-refractivity contribution in [3.05, 3.63) is 4.88 Å². The molecule has 20 heavy (non-hydrogen) atoms. The molecule has 1 fully saturated rings. The first-order chi connectivity index (χ1) is 9.60. The number of hydrogen-bond acceptors (Lipinski definition) is 6. The number of nitrogens with two attached hydrogens (primary N) is 1. The summed E-state index contributed by atoms with van der Waals surface area (Å²) < 4.78 is 0. The van der Waals surface area contributed by atoms with E-state index >= 15 is 0 Å². The van der Waals surface area contributed by atoms with Gasteiger partial charge in [0.15, 0.2) is 5.13 Å². The molecular formula is C13H23N5OS. The average Bonchev–Trinajstić information content (AvgIpc) is 2.77. The van der Waals surface area contributed by atoms with E-state index in [2.05, 4.69) is 34.5 Å². The third-order valence-electron chi connectivity index (χ3n) is 3.35. The van der Waals surface area contributed by atoms with E-state index in [1.807, 2.05) is 0 Å². The lowest BCUT2D eigenvalue weighted by Crippen LogP contribution is -2.46. The van der Waals surface area contributed by atoms with Crippen LogP contribution in [0, 0.1) is 0 Å². The molecule has 1 atom stereocenters. The van der Waals surface area contributed by atoms with Gasteiger partial charge in [0.25, 0.3) is 5.91 Å². The van der Waals surface area contributed by atoms with Crippen molar-refractivity contribution in [1.29, 1.82) is 0 Å². The van der Waals surface area contributed by atoms with Crippen molar-refractivity contribution in [3.8, 4) is 0 Å². The number of nitrogens with zero attached hydrogens (tertiary/aromatic N) is 2. The molecule has 0 radical (unpaired) electrons. The largest absolute Gasteiger partial charge is 0.382 e. The molecule has 1 saturated heterocycles. The topological polar surface area (TPSA) is 83.3 Å². The minimum atomic E-state index is -0.107. The molecule has 0 aliphatic carbocycles. The Balaban J connectivity index is 1.96. The number of aromatic nitrogens is 1. The Labute approximate surface area is 123 Å². The minimum absolute atomic E-state index is 0.107. The fourth-order valence-corrected chi connectivity index (χ4v) is 3.15. The number of likely N-dealkylation sites (tertiary alicyclic amines) is 1. The summed E-state index contributed by atoms with van der Waals surface area (Å²) >= 11 is 1.32. The average molecular weight is 297 g/mol. The quantitative estimate of drug-likeness (QED) is 0.764. The minimum Gasteiger partial charge on any atom is -0.382 e. The van der Waals surface area contributed by atoms with E-state index in [1.54, 1.807) is 0 Å². The molecule has 0 bridgehead atoms. The SMILES string of the molecule is CCCNc1nc(N)c(C(=O)NC2CCCN(C)C2)s1. The highest BCUT2D eigenvalue weighted by molar-refractivity contribution is 7.18. The lowest BCUT2D eigenvalue weighted by Gasteiger charge is -2.30. The van der Waals surface area contributed by atoms with E-state index in [4.69, 9.17) is 5.73 Å². The lowest BCUT2D eigenvalue weighted by atomic mass is 10.1. The second kappa shape index (κ2) is 6.90. The highest BCUT2D eigenvalue weighted by atomic mass is 32.1. The Bertz CT molecular complexity index is 462. The third kappa shape index (κ3) is 3.83. The van der Waals surface area contributed by atoms with Gasteiger partial charge in [-0.1, -0.05) is 18.3 Å². The van der Waals surface area contributed by atoms with Crippen molar-refractivity contribution in [1.82, 2.24) is 15.2 Å². The molecule has 2 heterocycles. The monoisotopic (exact) mass is 297 g/mol. The summed E-state index contributed by atoms with van der Waals surface area (Å²) in [5.41, 5.74) is 5.83. The highest BCUT2D eigenvalue weighted by Gasteiger charge is 2.22. The van der Waals surface area contributed by atoms with E-state index in [0.29, 0.717) is 10.7 Å². The molecule has 4 N–H and O–H groups in total. The van der Waals surface area contributed by atoms with Crippen molar-refractivity contribution < 1.29 is 4.79 Å². The predicted molar refractivity (Wildman–Crippen MR) is 83.3 cm³/mol. The van der Waals surface area contributed by atoms with Crippen LogP contribution in [0.5, 0.6) is 0 Å². The van der Waals surface area contributed by atoms with E-state index < -0.39 is 0 Å². The third-order valence-corrected chi connectivity index (χ3v) is 4.37. The van der Waals surface area contributed by atoms with Gasteiger partial charge in [0, 0.05) is 19.1 Å². The van der Waals surface area contributed by atoms with Gasteiger partial charge in [0.05, 0.1) is 0 Å². The number of anilines is 2. The molecule has 0 spiro atoms. The normalized spacial score (nSPS) is 19.8. The number of likely N-dealkylation sites (N-methyl/N-ethyl adjacent to an activating group) is 1. The molecule has 0 saturated carbocycles. The number of thiazole rings is 1. The number of carbonyl (C=O) groups is 1. The van der Waals surface area contributed by atoms with Crippen LogP contribution < -0.4 is 16.4 Å². The zero-order valence-electron chi connectivity index (χ0n) is 12.1. The van der Waals surface area contributed by atoms with Crippen LogP contribution in [0.1, 0.15) is 35.9 Å². The van der Waals surface area contributed by atoms with Crippen molar-refractivity contribution in [2.45, 2.75) is 32.2 Å². The predicted octanol–water partition coefficient (Wildman–Crippen LogP) is 1.37. The summed E-state index contributed by atoms with van der Waals surface area (Å²) in [6.07, 6.45) is 3.15. The van der Waals surface area contributed by atoms with Crippen molar-refractivity contribution >= 4 is 28.2 Å². The fourth-order valence-electron chi connectivity index (χ4n) is 2.34. The van der Waals surface area contributed by atoms with Crippen LogP contribution in [-0.2, 0) is 0 Å². The van der Waals surface area contributed by atoms with Crippen LogP contribution >= 0.6 is 11.3 Å². The Hall–Kier alpha value is -1.34. The summed E-state index contributed by atoms with van der Waals surface area (Å²) in [7, 11) is 2.08. The summed E-state index contributed by atoms with van der Waals surface area (Å²) in [6.45, 7) is 4.91. The number of carbonyl (C=O) groups excluding carboxylic acids is 1. The van der Waals surface area contributed by atoms with Crippen molar-refractivity contribution in [3.63, 3.8) is 0 Å². The molecule has 1 aromatic rings. The van der Waals surface area contributed by atoms with Crippen LogP contribution in [0.15, 0.2) is 0 Å². The molecule has 7 heteroatoms. The van der Waals surface area contributed by atoms with Gasteiger partial charge in [-0.3, -0.25) is 4.79 Å². The van der Waals surface area contributed by atoms with Crippen LogP contribution in [0.4, 0.5) is 10.9 Å². The number of nitrogen functional groups attached to an aromatic ring is 1. The smallest absolute Gasteiger partial charge is 0.265 e. The Morgan fingerprint density at radius 2 is 2.40 bits per heavy atom. The zero-order valence-corrected chi connectivity index (χ0v) is 12.9. The van der Waals surface area contributed by atoms with Gasteiger partial charge >= 0.3 is 0 Å². The van der Waals surface area contributed by atoms with E-state index in [0.717, 1.165) is 44.0 Å². The molecule has 1 aliphatic heterocycles. The number of amides is 1. The summed E-state index contributed by atoms with van der Waals surface area (Å²) in [4.78, 5) is 19.2. The number of hydrogen-bond donors (Lipinski definition) is 3. The van der Waals surface area contributed by atoms with E-state index in [9.17, 15) is 4.79 Å². The summed E-state index contributed by atoms with van der Waals surface area (Å²) in [5.74, 6) is 0.208. The van der Waals surface area contributed by atoms with Gasteiger partial charge in [-0.15, -0.1) is 0 Å². The second-order valence-corrected chi connectivity index (χ2v) is 6.23. The molecule has 112 valence electrons. The lowest BCUT2D eigenvalue weighted by molar-refractivity contribution is 0.0917. The Morgan fingerprint density at radius 1 is 1.60 bits per heavy atom. The van der Waals surface area contributed by atoms with E-state index in [-0.39, 0.29) is 11.9 Å². The molecule has 1 aliphatic rings. The second-order valence-electron chi connectivity index (χ2n) is 5.24. The highest BCUT2D eigenvalue weighted by Crippen LogP contribution is 2.25. The van der Waals surface area contributed by atoms with Crippen molar-refractivity contribution in [2.24, 2.45) is 0 Å². The first-order valence-corrected chi connectivity index (χ1v) is 7.91. The molecule has 2 rings (SSSR count). The van der Waals surface area contributed by atoms with Crippen LogP contribution in [-0.4, -0.2) is 48.5 Å². The number of nitrogens with one attached hydrogen (secondary N) is 2. The first-order valence-electron chi connectivity index (χ1n) is 7.09. The molecule has 1 unspecified atom stereocenters. The Kier molecular flexibility index (Phi) is 5.19. The van der Waals surface area contributed by atoms with Gasteiger partial charge in [-0.05, 0) is 32.9 Å². The summed E-state index contributed by atoms with van der Waals surface area (Å²) in [5, 5.41) is 6.94. The molecule has 6 nitrogen and oxygen atoms in total. The van der Waals surface area contributed by atoms with Gasteiger partial charge in [-0.25, -0.2) is 4.98 Å². The maximum absolute atomic E-state index is 12.3. The van der Waals surface area contributed by atoms with E-state index in [1.165, 1.54) is 11.3 Å². The van der Waals surface area contributed by atoms with Gasteiger partial charge < -0.3 is 21.3 Å². The maximum atomic E-state index is 12.3. The maximum Gasteiger partial charge on any atom is 0.265 e. The number of rotatable bonds is 5. The van der Waals surface area contributed by atoms with Crippen LogP contribution in [0.25, 0.3) is 0 Å². The fraction of sp³-hybridized carbons (Fsp3) is 0.692. The van der Waals surface area contributed by atoms with Crippen LogP contribution in [0.3, 0.4) is 0 Å². The van der Waals surface area contributed by atoms with Gasteiger partial charge in [0.1, 0.15) is 10.7 Å². The van der Waals surface area contributed by atoms with Gasteiger partial charge in [0.2, 0.25) is 0 Å². The summed E-state index contributed by atoms with van der Waals surface area (Å²) in [6, 6.07) is 0.204. The Morgan fingerprint density at radius 3 is 3.10 bits per heavy atom. The zero-order chi connectivity index (χ0) is 14.5. The first kappa shape index (κ1) is 15.1. The molecule has 0 aromatic carbocycles. The van der Waals surface area contributed by atoms with Crippen LogP contribution in [0.2, 0.25) is 0 Å².